The number of nitrogens with zero attached hydrogens (tertiary/aromatic N) is 1. The number of rotatable bonds is 3. The maximum absolute atomic E-state index is 12.2. The highest BCUT2D eigenvalue weighted by Gasteiger charge is 2.32. The summed E-state index contributed by atoms with van der Waals surface area (Å²) in [5, 5.41) is 0. The Labute approximate surface area is 91.4 Å². The molecule has 1 aliphatic rings. The van der Waals surface area contributed by atoms with Crippen LogP contribution in [0, 0.1) is 0 Å². The number of carbonyl (C=O) groups is 1. The van der Waals surface area contributed by atoms with E-state index in [0.717, 1.165) is 0 Å². The van der Waals surface area contributed by atoms with E-state index < -0.39 is 24.5 Å². The van der Waals surface area contributed by atoms with Crippen LogP contribution < -0.4 is 5.73 Å². The third-order valence-corrected chi connectivity index (χ3v) is 2.34. The van der Waals surface area contributed by atoms with Crippen molar-refractivity contribution in [2.75, 3.05) is 6.54 Å². The second kappa shape index (κ2) is 4.59. The van der Waals surface area contributed by atoms with Crippen LogP contribution in [0.2, 0.25) is 0 Å². The summed E-state index contributed by atoms with van der Waals surface area (Å²) < 4.78 is 36.5. The van der Waals surface area contributed by atoms with Crippen molar-refractivity contribution in [3.8, 4) is 0 Å². The van der Waals surface area contributed by atoms with E-state index in [9.17, 15) is 18.0 Å². The highest BCUT2D eigenvalue weighted by Crippen LogP contribution is 2.25. The number of carbonyl (C=O) groups excluding carboxylic acids is 1. The molecule has 0 aromatic rings. The Kier molecular flexibility index (Phi) is 3.62. The van der Waals surface area contributed by atoms with E-state index in [2.05, 4.69) is 0 Å². The van der Waals surface area contributed by atoms with Crippen LogP contribution in [0.3, 0.4) is 0 Å². The Morgan fingerprint density at radius 1 is 1.62 bits per heavy atom. The molecular weight excluding hydrogens is 221 g/mol. The molecule has 90 valence electrons. The van der Waals surface area contributed by atoms with E-state index in [1.54, 1.807) is 0 Å². The monoisotopic (exact) mass is 234 g/mol. The first-order valence-electron chi connectivity index (χ1n) is 4.79. The number of primary amides is 1. The Morgan fingerprint density at radius 3 is 2.75 bits per heavy atom. The Bertz CT molecular complexity index is 333. The molecule has 1 amide bonds. The van der Waals surface area contributed by atoms with Gasteiger partial charge in [0.25, 0.3) is 0 Å². The number of halogens is 3. The molecule has 3 nitrogen and oxygen atoms in total. The van der Waals surface area contributed by atoms with Crippen molar-refractivity contribution in [2.45, 2.75) is 25.6 Å². The number of nitrogens with two attached hydrogens (primary N) is 1. The van der Waals surface area contributed by atoms with Gasteiger partial charge in [0, 0.05) is 18.2 Å². The number of hydrogen-bond donors (Lipinski definition) is 1. The summed E-state index contributed by atoms with van der Waals surface area (Å²) in [7, 11) is 0. The minimum absolute atomic E-state index is 0.128. The average Bonchev–Trinajstić information content (AvgIpc) is 2.15. The van der Waals surface area contributed by atoms with Crippen molar-refractivity contribution in [3.05, 3.63) is 23.9 Å². The largest absolute Gasteiger partial charge is 0.391 e. The zero-order valence-electron chi connectivity index (χ0n) is 8.79. The smallest absolute Gasteiger partial charge is 0.370 e. The molecule has 0 fully saturated rings. The topological polar surface area (TPSA) is 46.3 Å². The summed E-state index contributed by atoms with van der Waals surface area (Å²) in [5.41, 5.74) is 5.38. The van der Waals surface area contributed by atoms with Crippen molar-refractivity contribution in [1.82, 2.24) is 4.90 Å². The highest BCUT2D eigenvalue weighted by atomic mass is 19.4. The number of allylic oxidation sites excluding steroid dienone is 2. The Hall–Kier alpha value is -1.46. The number of amides is 1. The summed E-state index contributed by atoms with van der Waals surface area (Å²) in [5.74, 6) is -0.603. The van der Waals surface area contributed by atoms with Crippen LogP contribution in [0.15, 0.2) is 23.9 Å². The quantitative estimate of drug-likeness (QED) is 0.805. The minimum atomic E-state index is -4.21. The first-order valence-corrected chi connectivity index (χ1v) is 4.79. The van der Waals surface area contributed by atoms with Gasteiger partial charge < -0.3 is 10.6 Å². The molecule has 0 saturated heterocycles. The maximum Gasteiger partial charge on any atom is 0.391 e. The van der Waals surface area contributed by atoms with Gasteiger partial charge in [-0.25, -0.2) is 0 Å². The Morgan fingerprint density at radius 2 is 2.25 bits per heavy atom. The summed E-state index contributed by atoms with van der Waals surface area (Å²) in [4.78, 5) is 12.3. The summed E-state index contributed by atoms with van der Waals surface area (Å²) >= 11 is 0. The first-order chi connectivity index (χ1) is 7.29. The molecule has 0 saturated carbocycles. The molecule has 1 rings (SSSR count). The second-order valence-electron chi connectivity index (χ2n) is 3.74. The molecule has 1 atom stereocenters. The second-order valence-corrected chi connectivity index (χ2v) is 3.74. The molecule has 0 aromatic heterocycles. The van der Waals surface area contributed by atoms with Gasteiger partial charge in [-0.1, -0.05) is 6.08 Å². The van der Waals surface area contributed by atoms with E-state index >= 15 is 0 Å². The van der Waals surface area contributed by atoms with Gasteiger partial charge in [-0.3, -0.25) is 4.79 Å². The van der Waals surface area contributed by atoms with Crippen molar-refractivity contribution in [3.63, 3.8) is 0 Å². The molecule has 6 heteroatoms. The van der Waals surface area contributed by atoms with Gasteiger partial charge >= 0.3 is 6.18 Å². The standard InChI is InChI=1S/C10H13F3N2O/c1-7(5-10(11,12)13)15-4-2-3-8(6-15)9(14)16/h2-4,7H,5-6H2,1H3,(H2,14,16). The zero-order chi connectivity index (χ0) is 12.3. The van der Waals surface area contributed by atoms with E-state index in [4.69, 9.17) is 5.73 Å². The molecule has 1 heterocycles. The van der Waals surface area contributed by atoms with Crippen molar-refractivity contribution < 1.29 is 18.0 Å². The SMILES string of the molecule is CC(CC(F)(F)F)N1C=CC=C(C(N)=O)C1. The van der Waals surface area contributed by atoms with Gasteiger partial charge in [0.05, 0.1) is 6.42 Å². The minimum Gasteiger partial charge on any atom is -0.370 e. The molecule has 2 N–H and O–H groups in total. The third kappa shape index (κ3) is 3.60. The molecule has 0 spiro atoms. The third-order valence-electron chi connectivity index (χ3n) is 2.34. The lowest BCUT2D eigenvalue weighted by Crippen LogP contribution is -2.37. The van der Waals surface area contributed by atoms with Crippen LogP contribution in [0.4, 0.5) is 13.2 Å². The lowest BCUT2D eigenvalue weighted by atomic mass is 10.1. The van der Waals surface area contributed by atoms with Crippen LogP contribution in [-0.4, -0.2) is 29.6 Å². The van der Waals surface area contributed by atoms with Gasteiger partial charge in [0.15, 0.2) is 0 Å². The molecule has 0 radical (unpaired) electrons. The average molecular weight is 234 g/mol. The van der Waals surface area contributed by atoms with E-state index in [1.807, 2.05) is 0 Å². The normalized spacial score (nSPS) is 18.2. The van der Waals surface area contributed by atoms with E-state index in [0.29, 0.717) is 5.57 Å². The van der Waals surface area contributed by atoms with Crippen LogP contribution in [0.5, 0.6) is 0 Å². The van der Waals surface area contributed by atoms with Crippen LogP contribution in [-0.2, 0) is 4.79 Å². The van der Waals surface area contributed by atoms with Gasteiger partial charge in [-0.05, 0) is 19.2 Å². The van der Waals surface area contributed by atoms with Gasteiger partial charge in [-0.15, -0.1) is 0 Å². The molecule has 16 heavy (non-hydrogen) atoms. The van der Waals surface area contributed by atoms with E-state index in [1.165, 1.54) is 30.2 Å². The van der Waals surface area contributed by atoms with Crippen molar-refractivity contribution in [2.24, 2.45) is 5.73 Å². The van der Waals surface area contributed by atoms with E-state index in [-0.39, 0.29) is 6.54 Å². The summed E-state index contributed by atoms with van der Waals surface area (Å²) in [6.45, 7) is 1.59. The van der Waals surface area contributed by atoms with Crippen LogP contribution in [0.1, 0.15) is 13.3 Å². The number of alkyl halides is 3. The molecule has 0 bridgehead atoms. The predicted molar refractivity (Wildman–Crippen MR) is 53.3 cm³/mol. The van der Waals surface area contributed by atoms with Gasteiger partial charge in [-0.2, -0.15) is 13.2 Å². The summed E-state index contributed by atoms with van der Waals surface area (Å²) in [6, 6.07) is -0.709. The molecule has 0 aromatic carbocycles. The lowest BCUT2D eigenvalue weighted by molar-refractivity contribution is -0.143. The van der Waals surface area contributed by atoms with Crippen LogP contribution >= 0.6 is 0 Å². The molecule has 0 aliphatic carbocycles. The molecular formula is C10H13F3N2O. The first kappa shape index (κ1) is 12.6. The van der Waals surface area contributed by atoms with Gasteiger partial charge in [0.2, 0.25) is 5.91 Å². The fourth-order valence-electron chi connectivity index (χ4n) is 1.49. The Balaban J connectivity index is 2.61. The summed E-state index contributed by atoms with van der Waals surface area (Å²) in [6.07, 6.45) is -0.552. The molecule has 1 aliphatic heterocycles. The fraction of sp³-hybridized carbons (Fsp3) is 0.500. The van der Waals surface area contributed by atoms with Crippen molar-refractivity contribution in [1.29, 1.82) is 0 Å². The van der Waals surface area contributed by atoms with Gasteiger partial charge in [0.1, 0.15) is 0 Å². The van der Waals surface area contributed by atoms with Crippen LogP contribution in [0.25, 0.3) is 0 Å². The predicted octanol–water partition coefficient (Wildman–Crippen LogP) is 1.57. The molecule has 1 unspecified atom stereocenters. The maximum atomic E-state index is 12.2. The highest BCUT2D eigenvalue weighted by molar-refractivity contribution is 5.92. The van der Waals surface area contributed by atoms with Crippen molar-refractivity contribution >= 4 is 5.91 Å². The lowest BCUT2D eigenvalue weighted by Gasteiger charge is -2.30. The number of hydrogen-bond acceptors (Lipinski definition) is 2. The zero-order valence-corrected chi connectivity index (χ0v) is 8.79. The fourth-order valence-corrected chi connectivity index (χ4v) is 1.49.